The van der Waals surface area contributed by atoms with Gasteiger partial charge in [0, 0.05) is 32.1 Å². The summed E-state index contributed by atoms with van der Waals surface area (Å²) >= 11 is 15.5. The molecule has 0 saturated heterocycles. The first-order chi connectivity index (χ1) is 16.7. The number of fused-ring (bicyclic) bond motifs is 1. The predicted molar refractivity (Wildman–Crippen MR) is 141 cm³/mol. The van der Waals surface area contributed by atoms with Crippen molar-refractivity contribution in [3.05, 3.63) is 98.1 Å². The predicted octanol–water partition coefficient (Wildman–Crippen LogP) is 5.66. The lowest BCUT2D eigenvalue weighted by molar-refractivity contribution is -0.136. The Morgan fingerprint density at radius 2 is 1.57 bits per heavy atom. The van der Waals surface area contributed by atoms with Crippen molar-refractivity contribution in [1.82, 2.24) is 9.99 Å². The van der Waals surface area contributed by atoms with Crippen LogP contribution in [0.15, 0.2) is 71.2 Å². The van der Waals surface area contributed by atoms with E-state index in [1.807, 2.05) is 31.2 Å². The maximum Gasteiger partial charge on any atom is 0.328 e. The Balaban J connectivity index is 1.57. The number of benzene rings is 3. The zero-order chi connectivity index (χ0) is 25.1. The van der Waals surface area contributed by atoms with Crippen LogP contribution >= 0.6 is 39.1 Å². The molecular weight excluding hydrogens is 555 g/mol. The molecule has 178 valence electrons. The van der Waals surface area contributed by atoms with Gasteiger partial charge in [0.1, 0.15) is 5.69 Å². The van der Waals surface area contributed by atoms with E-state index in [2.05, 4.69) is 32.0 Å². The summed E-state index contributed by atoms with van der Waals surface area (Å²) in [5, 5.41) is 6.69. The first kappa shape index (κ1) is 24.8. The number of carbonyl (C=O) groups is 3. The molecule has 7 nitrogen and oxygen atoms in total. The number of aromatic nitrogens is 1. The molecule has 0 unspecified atom stereocenters. The molecule has 0 fully saturated rings. The van der Waals surface area contributed by atoms with E-state index < -0.39 is 17.7 Å². The quantitative estimate of drug-likeness (QED) is 0.269. The number of nitrogens with zero attached hydrogens (tertiary/aromatic N) is 1. The van der Waals surface area contributed by atoms with Crippen LogP contribution < -0.4 is 16.1 Å². The van der Waals surface area contributed by atoms with Crippen molar-refractivity contribution >= 4 is 73.4 Å². The van der Waals surface area contributed by atoms with E-state index in [9.17, 15) is 14.4 Å². The molecule has 1 aromatic heterocycles. The lowest BCUT2D eigenvalue weighted by Gasteiger charge is -2.13. The molecule has 0 saturated carbocycles. The summed E-state index contributed by atoms with van der Waals surface area (Å²) < 4.78 is 2.06. The zero-order valence-corrected chi connectivity index (χ0v) is 21.5. The molecule has 3 amide bonds. The van der Waals surface area contributed by atoms with Crippen molar-refractivity contribution in [1.29, 1.82) is 0 Å². The van der Waals surface area contributed by atoms with E-state index in [0.717, 1.165) is 15.6 Å². The van der Waals surface area contributed by atoms with Gasteiger partial charge in [0.05, 0.1) is 5.52 Å². The summed E-state index contributed by atoms with van der Waals surface area (Å²) in [6, 6.07) is 19.1. The molecule has 0 spiro atoms. The number of aryl methyl sites for hydroxylation is 1. The van der Waals surface area contributed by atoms with E-state index in [1.165, 1.54) is 4.68 Å². The van der Waals surface area contributed by atoms with E-state index in [4.69, 9.17) is 23.2 Å². The maximum absolute atomic E-state index is 13.1. The Hall–Kier alpha value is -3.33. The van der Waals surface area contributed by atoms with E-state index in [1.54, 1.807) is 42.5 Å². The van der Waals surface area contributed by atoms with Gasteiger partial charge >= 0.3 is 11.8 Å². The molecule has 1 heterocycles. The smallest absolute Gasteiger partial charge is 0.328 e. The third kappa shape index (κ3) is 6.03. The van der Waals surface area contributed by atoms with Crippen LogP contribution in [0.3, 0.4) is 0 Å². The number of nitrogens with one attached hydrogen (secondary N) is 3. The molecule has 35 heavy (non-hydrogen) atoms. The van der Waals surface area contributed by atoms with Crippen molar-refractivity contribution in [3.63, 3.8) is 0 Å². The van der Waals surface area contributed by atoms with E-state index in [0.29, 0.717) is 26.6 Å². The van der Waals surface area contributed by atoms with Gasteiger partial charge in [0.15, 0.2) is 0 Å². The largest absolute Gasteiger partial charge is 0.344 e. The van der Waals surface area contributed by atoms with E-state index >= 15 is 0 Å². The number of rotatable bonds is 5. The Bertz CT molecular complexity index is 1430. The molecule has 0 aliphatic rings. The second-order valence-corrected chi connectivity index (χ2v) is 9.58. The third-order valence-electron chi connectivity index (χ3n) is 5.11. The van der Waals surface area contributed by atoms with Gasteiger partial charge in [-0.15, -0.1) is 0 Å². The molecule has 0 aliphatic heterocycles. The summed E-state index contributed by atoms with van der Waals surface area (Å²) in [6.45, 7) is 2.15. The molecule has 0 radical (unpaired) electrons. The van der Waals surface area contributed by atoms with Gasteiger partial charge in [-0.2, -0.15) is 0 Å². The number of anilines is 1. The van der Waals surface area contributed by atoms with E-state index in [-0.39, 0.29) is 12.2 Å². The summed E-state index contributed by atoms with van der Waals surface area (Å²) in [6.07, 6.45) is 0. The molecule has 4 rings (SSSR count). The molecule has 0 aliphatic carbocycles. The fraction of sp³-hybridized carbons (Fsp3) is 0.0800. The fourth-order valence-electron chi connectivity index (χ4n) is 3.42. The Morgan fingerprint density at radius 3 is 2.26 bits per heavy atom. The van der Waals surface area contributed by atoms with Crippen LogP contribution in [0.2, 0.25) is 10.0 Å². The highest BCUT2D eigenvalue weighted by Gasteiger charge is 2.21. The van der Waals surface area contributed by atoms with Crippen molar-refractivity contribution in [2.24, 2.45) is 0 Å². The monoisotopic (exact) mass is 572 g/mol. The fourth-order valence-corrected chi connectivity index (χ4v) is 4.32. The second-order valence-electron chi connectivity index (χ2n) is 7.79. The minimum atomic E-state index is -0.919. The Kier molecular flexibility index (Phi) is 7.45. The van der Waals surface area contributed by atoms with Gasteiger partial charge in [-0.05, 0) is 55.0 Å². The number of amides is 3. The van der Waals surface area contributed by atoms with Crippen molar-refractivity contribution in [2.75, 3.05) is 10.7 Å². The van der Waals surface area contributed by atoms with Crippen molar-refractivity contribution < 1.29 is 14.4 Å². The molecule has 3 aromatic carbocycles. The average molecular weight is 574 g/mol. The molecule has 3 N–H and O–H groups in total. The highest BCUT2D eigenvalue weighted by Crippen LogP contribution is 2.26. The number of hydrogen-bond donors (Lipinski definition) is 3. The summed E-state index contributed by atoms with van der Waals surface area (Å²) in [7, 11) is 0. The normalized spacial score (nSPS) is 10.7. The second kappa shape index (κ2) is 10.5. The molecule has 10 heteroatoms. The number of carbonyl (C=O) groups excluding carboxylic acids is 3. The average Bonchev–Trinajstić information content (AvgIpc) is 3.15. The number of hydrogen-bond acceptors (Lipinski definition) is 3. The van der Waals surface area contributed by atoms with Crippen LogP contribution in [0.1, 0.15) is 21.6 Å². The van der Waals surface area contributed by atoms with Gasteiger partial charge in [-0.25, -0.2) is 4.68 Å². The first-order valence-electron chi connectivity index (χ1n) is 10.4. The van der Waals surface area contributed by atoms with Gasteiger partial charge in [-0.3, -0.25) is 19.8 Å². The van der Waals surface area contributed by atoms with Crippen LogP contribution in [-0.2, 0) is 16.1 Å². The standard InChI is InChI=1S/C25H19BrCl2N4O3/c1-14-2-4-15(5-3-14)13-29-24(34)25(35)31-32-21-7-6-17(26)8-16(21)9-22(32)23(33)30-20-11-18(27)10-19(28)12-20/h2-12H,13H2,1H3,(H,29,34)(H,30,33)(H,31,35). The van der Waals surface area contributed by atoms with Crippen LogP contribution in [-0.4, -0.2) is 22.4 Å². The van der Waals surface area contributed by atoms with Gasteiger partial charge in [0.25, 0.3) is 5.91 Å². The topological polar surface area (TPSA) is 92.2 Å². The maximum atomic E-state index is 13.1. The van der Waals surface area contributed by atoms with Crippen molar-refractivity contribution in [3.8, 4) is 0 Å². The van der Waals surface area contributed by atoms with Gasteiger partial charge < -0.3 is 10.6 Å². The summed E-state index contributed by atoms with van der Waals surface area (Å²) in [5.41, 5.74) is 5.49. The molecule has 4 aromatic rings. The Morgan fingerprint density at radius 1 is 0.886 bits per heavy atom. The highest BCUT2D eigenvalue weighted by molar-refractivity contribution is 9.10. The molecule has 0 atom stereocenters. The molecular formula is C25H19BrCl2N4O3. The van der Waals surface area contributed by atoms with Crippen LogP contribution in [0.5, 0.6) is 0 Å². The van der Waals surface area contributed by atoms with Gasteiger partial charge in [-0.1, -0.05) is 69.0 Å². The SMILES string of the molecule is Cc1ccc(CNC(=O)C(=O)Nn2c(C(=O)Nc3cc(Cl)cc(Cl)c3)cc3cc(Br)ccc32)cc1. The Labute approximate surface area is 219 Å². The zero-order valence-electron chi connectivity index (χ0n) is 18.4. The summed E-state index contributed by atoms with van der Waals surface area (Å²) in [4.78, 5) is 38.3. The lowest BCUT2D eigenvalue weighted by atomic mass is 10.1. The highest BCUT2D eigenvalue weighted by atomic mass is 79.9. The first-order valence-corrected chi connectivity index (χ1v) is 12.0. The summed E-state index contributed by atoms with van der Waals surface area (Å²) in [5.74, 6) is -2.29. The minimum Gasteiger partial charge on any atom is -0.344 e. The van der Waals surface area contributed by atoms with Crippen LogP contribution in [0, 0.1) is 6.92 Å². The van der Waals surface area contributed by atoms with Gasteiger partial charge in [0.2, 0.25) is 0 Å². The minimum absolute atomic E-state index is 0.105. The third-order valence-corrected chi connectivity index (χ3v) is 6.04. The molecule has 0 bridgehead atoms. The lowest BCUT2D eigenvalue weighted by Crippen LogP contribution is -2.39. The van der Waals surface area contributed by atoms with Crippen LogP contribution in [0.4, 0.5) is 5.69 Å². The van der Waals surface area contributed by atoms with Crippen LogP contribution in [0.25, 0.3) is 10.9 Å². The number of halogens is 3. The van der Waals surface area contributed by atoms with Crippen molar-refractivity contribution in [2.45, 2.75) is 13.5 Å².